The third-order valence-corrected chi connectivity index (χ3v) is 3.58. The van der Waals surface area contributed by atoms with Gasteiger partial charge < -0.3 is 14.4 Å². The molecule has 1 amide bonds. The van der Waals surface area contributed by atoms with E-state index in [9.17, 15) is 9.59 Å². The zero-order valence-electron chi connectivity index (χ0n) is 12.8. The molecule has 1 heterocycles. The number of thiazole rings is 1. The molecule has 0 fully saturated rings. The molecule has 6 nitrogen and oxygen atoms in total. The summed E-state index contributed by atoms with van der Waals surface area (Å²) in [5.74, 6) is -0.356. The zero-order chi connectivity index (χ0) is 15.7. The molecule has 1 aromatic rings. The number of carbonyl (C=O) groups is 2. The van der Waals surface area contributed by atoms with Gasteiger partial charge in [0.15, 0.2) is 5.69 Å². The van der Waals surface area contributed by atoms with Gasteiger partial charge in [0.2, 0.25) is 5.91 Å². The predicted octanol–water partition coefficient (Wildman–Crippen LogP) is 2.09. The SMILES string of the molecule is CCCC(=O)N(CCOC)Cc1nc(C(=O)OCC)cs1. The molecule has 0 aromatic carbocycles. The number of nitrogens with zero attached hydrogens (tertiary/aromatic N) is 2. The number of hydrogen-bond donors (Lipinski definition) is 0. The molecule has 1 aromatic heterocycles. The molecule has 118 valence electrons. The molecule has 0 saturated carbocycles. The van der Waals surface area contributed by atoms with Gasteiger partial charge in [-0.15, -0.1) is 11.3 Å². The van der Waals surface area contributed by atoms with Crippen LogP contribution in [-0.2, 0) is 20.8 Å². The molecule has 0 atom stereocenters. The van der Waals surface area contributed by atoms with E-state index in [2.05, 4.69) is 4.98 Å². The second-order valence-corrected chi connectivity index (χ2v) is 5.35. The Kier molecular flexibility index (Phi) is 7.92. The second kappa shape index (κ2) is 9.46. The van der Waals surface area contributed by atoms with E-state index in [1.54, 1.807) is 24.3 Å². The summed E-state index contributed by atoms with van der Waals surface area (Å²) in [4.78, 5) is 29.6. The van der Waals surface area contributed by atoms with Crippen LogP contribution in [0.3, 0.4) is 0 Å². The Hall–Kier alpha value is -1.47. The van der Waals surface area contributed by atoms with Crippen LogP contribution in [0.4, 0.5) is 0 Å². The molecular weight excluding hydrogens is 292 g/mol. The average Bonchev–Trinajstić information content (AvgIpc) is 2.92. The fourth-order valence-electron chi connectivity index (χ4n) is 1.71. The van der Waals surface area contributed by atoms with Crippen LogP contribution in [0.25, 0.3) is 0 Å². The molecule has 0 N–H and O–H groups in total. The fraction of sp³-hybridized carbons (Fsp3) is 0.643. The standard InChI is InChI=1S/C14H22N2O4S/c1-4-6-13(17)16(7-8-19-3)9-12-15-11(10-21-12)14(18)20-5-2/h10H,4-9H2,1-3H3. The fourth-order valence-corrected chi connectivity index (χ4v) is 2.49. The summed E-state index contributed by atoms with van der Waals surface area (Å²) < 4.78 is 9.93. The van der Waals surface area contributed by atoms with Crippen LogP contribution < -0.4 is 0 Å². The second-order valence-electron chi connectivity index (χ2n) is 4.41. The van der Waals surface area contributed by atoms with Crippen molar-refractivity contribution in [2.45, 2.75) is 33.2 Å². The third-order valence-electron chi connectivity index (χ3n) is 2.74. The number of esters is 1. The Labute approximate surface area is 129 Å². The van der Waals surface area contributed by atoms with Crippen LogP contribution in [-0.4, -0.2) is 48.6 Å². The molecule has 0 radical (unpaired) electrons. The molecule has 7 heteroatoms. The number of ether oxygens (including phenoxy) is 2. The largest absolute Gasteiger partial charge is 0.461 e. The summed E-state index contributed by atoms with van der Waals surface area (Å²) in [5, 5.41) is 2.38. The summed E-state index contributed by atoms with van der Waals surface area (Å²) in [6, 6.07) is 0. The first-order valence-electron chi connectivity index (χ1n) is 7.00. The van der Waals surface area contributed by atoms with E-state index in [-0.39, 0.29) is 5.91 Å². The van der Waals surface area contributed by atoms with Crippen LogP contribution in [0.15, 0.2) is 5.38 Å². The van der Waals surface area contributed by atoms with Gasteiger partial charge in [-0.05, 0) is 13.3 Å². The number of rotatable bonds is 9. The lowest BCUT2D eigenvalue weighted by atomic mass is 10.3. The first kappa shape index (κ1) is 17.6. The van der Waals surface area contributed by atoms with E-state index in [1.807, 2.05) is 6.92 Å². The van der Waals surface area contributed by atoms with Gasteiger partial charge >= 0.3 is 5.97 Å². The van der Waals surface area contributed by atoms with E-state index in [0.717, 1.165) is 11.4 Å². The summed E-state index contributed by atoms with van der Waals surface area (Å²) in [6.07, 6.45) is 1.30. The summed E-state index contributed by atoms with van der Waals surface area (Å²) >= 11 is 1.35. The lowest BCUT2D eigenvalue weighted by Crippen LogP contribution is -2.33. The predicted molar refractivity (Wildman–Crippen MR) is 80.3 cm³/mol. The zero-order valence-corrected chi connectivity index (χ0v) is 13.6. The van der Waals surface area contributed by atoms with Gasteiger partial charge in [0, 0.05) is 25.5 Å². The highest BCUT2D eigenvalue weighted by molar-refractivity contribution is 7.09. The van der Waals surface area contributed by atoms with Crippen molar-refractivity contribution in [3.8, 4) is 0 Å². The van der Waals surface area contributed by atoms with Crippen molar-refractivity contribution < 1.29 is 19.1 Å². The Morgan fingerprint density at radius 2 is 2.14 bits per heavy atom. The van der Waals surface area contributed by atoms with E-state index in [0.29, 0.717) is 38.4 Å². The van der Waals surface area contributed by atoms with E-state index in [4.69, 9.17) is 9.47 Å². The van der Waals surface area contributed by atoms with Gasteiger partial charge in [0.05, 0.1) is 19.8 Å². The Morgan fingerprint density at radius 3 is 2.76 bits per heavy atom. The third kappa shape index (κ3) is 5.81. The Morgan fingerprint density at radius 1 is 1.38 bits per heavy atom. The van der Waals surface area contributed by atoms with Crippen LogP contribution in [0.5, 0.6) is 0 Å². The monoisotopic (exact) mass is 314 g/mol. The number of methoxy groups -OCH3 is 1. The van der Waals surface area contributed by atoms with Crippen molar-refractivity contribution in [2.24, 2.45) is 0 Å². The Bertz CT molecular complexity index is 462. The molecule has 0 spiro atoms. The highest BCUT2D eigenvalue weighted by Gasteiger charge is 2.17. The summed E-state index contributed by atoms with van der Waals surface area (Å²) in [5.41, 5.74) is 0.298. The average molecular weight is 314 g/mol. The number of amides is 1. The molecule has 0 unspecified atom stereocenters. The number of aromatic nitrogens is 1. The molecule has 0 bridgehead atoms. The maximum Gasteiger partial charge on any atom is 0.357 e. The number of carbonyl (C=O) groups excluding carboxylic acids is 2. The molecule has 0 aliphatic rings. The van der Waals surface area contributed by atoms with Gasteiger partial charge in [0.1, 0.15) is 5.01 Å². The summed E-state index contributed by atoms with van der Waals surface area (Å²) in [7, 11) is 1.60. The van der Waals surface area contributed by atoms with Crippen LogP contribution in [0.2, 0.25) is 0 Å². The quantitative estimate of drug-likeness (QED) is 0.653. The van der Waals surface area contributed by atoms with Gasteiger partial charge in [-0.2, -0.15) is 0 Å². The van der Waals surface area contributed by atoms with Crippen LogP contribution in [0.1, 0.15) is 42.2 Å². The molecule has 0 saturated heterocycles. The maximum absolute atomic E-state index is 12.1. The van der Waals surface area contributed by atoms with Gasteiger partial charge in [-0.25, -0.2) is 9.78 Å². The van der Waals surface area contributed by atoms with Gasteiger partial charge in [0.25, 0.3) is 0 Å². The van der Waals surface area contributed by atoms with Crippen molar-refractivity contribution in [3.63, 3.8) is 0 Å². The van der Waals surface area contributed by atoms with Crippen molar-refractivity contribution in [2.75, 3.05) is 26.9 Å². The lowest BCUT2D eigenvalue weighted by molar-refractivity contribution is -0.132. The first-order valence-corrected chi connectivity index (χ1v) is 7.88. The first-order chi connectivity index (χ1) is 10.1. The maximum atomic E-state index is 12.1. The van der Waals surface area contributed by atoms with Crippen LogP contribution in [0, 0.1) is 0 Å². The molecule has 21 heavy (non-hydrogen) atoms. The molecule has 0 aliphatic heterocycles. The van der Waals surface area contributed by atoms with Gasteiger partial charge in [-0.3, -0.25) is 4.79 Å². The molecule has 1 rings (SSSR count). The highest BCUT2D eigenvalue weighted by Crippen LogP contribution is 2.14. The molecule has 0 aliphatic carbocycles. The van der Waals surface area contributed by atoms with Crippen LogP contribution >= 0.6 is 11.3 Å². The van der Waals surface area contributed by atoms with Crippen molar-refractivity contribution >= 4 is 23.2 Å². The summed E-state index contributed by atoms with van der Waals surface area (Å²) in [6.45, 7) is 5.43. The normalized spacial score (nSPS) is 10.4. The lowest BCUT2D eigenvalue weighted by Gasteiger charge is -2.21. The van der Waals surface area contributed by atoms with Crippen molar-refractivity contribution in [3.05, 3.63) is 16.1 Å². The minimum Gasteiger partial charge on any atom is -0.461 e. The smallest absolute Gasteiger partial charge is 0.357 e. The highest BCUT2D eigenvalue weighted by atomic mass is 32.1. The van der Waals surface area contributed by atoms with Gasteiger partial charge in [-0.1, -0.05) is 6.92 Å². The van der Waals surface area contributed by atoms with E-state index in [1.165, 1.54) is 11.3 Å². The molecular formula is C14H22N2O4S. The number of hydrogen-bond acceptors (Lipinski definition) is 6. The minimum absolute atomic E-state index is 0.0717. The Balaban J connectivity index is 2.69. The van der Waals surface area contributed by atoms with E-state index < -0.39 is 5.97 Å². The van der Waals surface area contributed by atoms with Crippen molar-refractivity contribution in [1.82, 2.24) is 9.88 Å². The topological polar surface area (TPSA) is 68.7 Å². The van der Waals surface area contributed by atoms with Crippen molar-refractivity contribution in [1.29, 1.82) is 0 Å². The minimum atomic E-state index is -0.427. The van der Waals surface area contributed by atoms with E-state index >= 15 is 0 Å².